The number of ketones is 1. The molecule has 0 saturated carbocycles. The van der Waals surface area contributed by atoms with Crippen LogP contribution in [0.15, 0.2) is 24.3 Å². The van der Waals surface area contributed by atoms with Crippen LogP contribution < -0.4 is 0 Å². The molecule has 2 rings (SSSR count). The first kappa shape index (κ1) is 13.7. The normalized spacial score (nSPS) is 18.3. The summed E-state index contributed by atoms with van der Waals surface area (Å²) in [6.45, 7) is 2.92. The number of Topliss-reactive ketones (excluding diaryl/α,β-unsaturated/α-hetero) is 1. The number of benzene rings is 1. The van der Waals surface area contributed by atoms with Gasteiger partial charge in [-0.3, -0.25) is 9.59 Å². The van der Waals surface area contributed by atoms with Gasteiger partial charge in [0.25, 0.3) is 5.91 Å². The molecule has 1 fully saturated rings. The smallest absolute Gasteiger partial charge is 0.253 e. The molecule has 1 aliphatic heterocycles. The number of rotatable bonds is 4. The molecule has 102 valence electrons. The number of carbonyl (C=O) groups excluding carboxylic acids is 2. The Balaban J connectivity index is 1.99. The van der Waals surface area contributed by atoms with Crippen molar-refractivity contribution < 1.29 is 14.3 Å². The van der Waals surface area contributed by atoms with Crippen LogP contribution in [-0.2, 0) is 4.74 Å². The Labute approximate surface area is 113 Å². The number of hydrogen-bond acceptors (Lipinski definition) is 3. The molecular weight excluding hydrogens is 242 g/mol. The molecule has 0 aromatic heterocycles. The van der Waals surface area contributed by atoms with E-state index in [1.54, 1.807) is 36.2 Å². The molecule has 1 aliphatic rings. The van der Waals surface area contributed by atoms with Crippen LogP contribution in [0.3, 0.4) is 0 Å². The molecule has 1 atom stereocenters. The summed E-state index contributed by atoms with van der Waals surface area (Å²) in [5, 5.41) is 0. The maximum atomic E-state index is 12.2. The van der Waals surface area contributed by atoms with Gasteiger partial charge >= 0.3 is 0 Å². The second-order valence-corrected chi connectivity index (χ2v) is 4.95. The highest BCUT2D eigenvalue weighted by molar-refractivity contribution is 5.97. The van der Waals surface area contributed by atoms with Crippen molar-refractivity contribution in [1.82, 2.24) is 4.90 Å². The average molecular weight is 261 g/mol. The summed E-state index contributed by atoms with van der Waals surface area (Å²) in [6.07, 6.45) is 2.24. The van der Waals surface area contributed by atoms with Crippen LogP contribution in [0.2, 0.25) is 0 Å². The molecule has 0 unspecified atom stereocenters. The molecule has 4 heteroatoms. The standard InChI is InChI=1S/C15H19NO3/c1-11(17)12-5-7-13(8-6-12)15(18)16(2)10-14-4-3-9-19-14/h5-8,14H,3-4,9-10H2,1-2H3/t14-/m1/s1. The van der Waals surface area contributed by atoms with Gasteiger partial charge in [0.2, 0.25) is 0 Å². The zero-order chi connectivity index (χ0) is 13.8. The van der Waals surface area contributed by atoms with Crippen LogP contribution in [0.1, 0.15) is 40.5 Å². The van der Waals surface area contributed by atoms with Gasteiger partial charge in [-0.15, -0.1) is 0 Å². The minimum absolute atomic E-state index is 0.00621. The zero-order valence-corrected chi connectivity index (χ0v) is 11.4. The van der Waals surface area contributed by atoms with Crippen molar-refractivity contribution >= 4 is 11.7 Å². The van der Waals surface area contributed by atoms with Gasteiger partial charge in [0.15, 0.2) is 5.78 Å². The van der Waals surface area contributed by atoms with E-state index in [4.69, 9.17) is 4.74 Å². The topological polar surface area (TPSA) is 46.6 Å². The van der Waals surface area contributed by atoms with Crippen LogP contribution in [0.25, 0.3) is 0 Å². The summed E-state index contributed by atoms with van der Waals surface area (Å²) < 4.78 is 5.52. The quantitative estimate of drug-likeness (QED) is 0.780. The maximum absolute atomic E-state index is 12.2. The number of likely N-dealkylation sites (N-methyl/N-ethyl adjacent to an activating group) is 1. The lowest BCUT2D eigenvalue weighted by molar-refractivity contribution is 0.0587. The first-order valence-corrected chi connectivity index (χ1v) is 6.56. The first-order valence-electron chi connectivity index (χ1n) is 6.56. The van der Waals surface area contributed by atoms with E-state index in [1.807, 2.05) is 0 Å². The van der Waals surface area contributed by atoms with Gasteiger partial charge in [0, 0.05) is 31.3 Å². The highest BCUT2D eigenvalue weighted by Gasteiger charge is 2.20. The fourth-order valence-electron chi connectivity index (χ4n) is 2.24. The van der Waals surface area contributed by atoms with Gasteiger partial charge in [-0.2, -0.15) is 0 Å². The van der Waals surface area contributed by atoms with Crippen molar-refractivity contribution in [3.63, 3.8) is 0 Å². The number of nitrogens with zero attached hydrogens (tertiary/aromatic N) is 1. The summed E-state index contributed by atoms with van der Waals surface area (Å²) in [6, 6.07) is 6.78. The molecule has 0 radical (unpaired) electrons. The van der Waals surface area contributed by atoms with Crippen LogP contribution in [0.5, 0.6) is 0 Å². The van der Waals surface area contributed by atoms with Crippen molar-refractivity contribution in [2.24, 2.45) is 0 Å². The maximum Gasteiger partial charge on any atom is 0.253 e. The molecule has 1 amide bonds. The van der Waals surface area contributed by atoms with Gasteiger partial charge in [0.05, 0.1) is 6.10 Å². The molecule has 19 heavy (non-hydrogen) atoms. The molecule has 1 aromatic carbocycles. The predicted octanol–water partition coefficient (Wildman–Crippen LogP) is 2.14. The van der Waals surface area contributed by atoms with Crippen LogP contribution in [0, 0.1) is 0 Å². The minimum atomic E-state index is -0.0365. The van der Waals surface area contributed by atoms with Crippen molar-refractivity contribution in [3.8, 4) is 0 Å². The Morgan fingerprint density at radius 2 is 1.89 bits per heavy atom. The summed E-state index contributed by atoms with van der Waals surface area (Å²) in [7, 11) is 1.78. The van der Waals surface area contributed by atoms with E-state index in [0.29, 0.717) is 17.7 Å². The third-order valence-corrected chi connectivity index (χ3v) is 3.39. The highest BCUT2D eigenvalue weighted by atomic mass is 16.5. The van der Waals surface area contributed by atoms with E-state index in [0.717, 1.165) is 19.4 Å². The summed E-state index contributed by atoms with van der Waals surface area (Å²) in [5.74, 6) is -0.0303. The Morgan fingerprint density at radius 1 is 1.26 bits per heavy atom. The van der Waals surface area contributed by atoms with E-state index >= 15 is 0 Å². The zero-order valence-electron chi connectivity index (χ0n) is 11.4. The number of ether oxygens (including phenoxy) is 1. The molecule has 4 nitrogen and oxygen atoms in total. The number of hydrogen-bond donors (Lipinski definition) is 0. The molecule has 1 saturated heterocycles. The van der Waals surface area contributed by atoms with Crippen LogP contribution >= 0.6 is 0 Å². The van der Waals surface area contributed by atoms with Crippen molar-refractivity contribution in [3.05, 3.63) is 35.4 Å². The lowest BCUT2D eigenvalue weighted by Crippen LogP contribution is -2.34. The van der Waals surface area contributed by atoms with Gasteiger partial charge in [-0.1, -0.05) is 12.1 Å². The number of carbonyl (C=O) groups is 2. The number of amides is 1. The fraction of sp³-hybridized carbons (Fsp3) is 0.467. The SMILES string of the molecule is CC(=O)c1ccc(C(=O)N(C)C[C@H]2CCCO2)cc1. The van der Waals surface area contributed by atoms with Gasteiger partial charge in [0.1, 0.15) is 0 Å². The summed E-state index contributed by atoms with van der Waals surface area (Å²) in [5.41, 5.74) is 1.23. The van der Waals surface area contributed by atoms with E-state index in [-0.39, 0.29) is 17.8 Å². The first-order chi connectivity index (χ1) is 9.08. The Kier molecular flexibility index (Phi) is 4.32. The predicted molar refractivity (Wildman–Crippen MR) is 72.4 cm³/mol. The fourth-order valence-corrected chi connectivity index (χ4v) is 2.24. The summed E-state index contributed by atoms with van der Waals surface area (Å²) in [4.78, 5) is 25.1. The van der Waals surface area contributed by atoms with E-state index in [9.17, 15) is 9.59 Å². The molecule has 0 aliphatic carbocycles. The summed E-state index contributed by atoms with van der Waals surface area (Å²) >= 11 is 0. The highest BCUT2D eigenvalue weighted by Crippen LogP contribution is 2.14. The Hall–Kier alpha value is -1.68. The second kappa shape index (κ2) is 5.97. The monoisotopic (exact) mass is 261 g/mol. The third kappa shape index (κ3) is 3.41. The molecular formula is C15H19NO3. The van der Waals surface area contributed by atoms with Crippen LogP contribution in [-0.4, -0.2) is 42.9 Å². The van der Waals surface area contributed by atoms with E-state index < -0.39 is 0 Å². The lowest BCUT2D eigenvalue weighted by Gasteiger charge is -2.20. The largest absolute Gasteiger partial charge is 0.376 e. The Morgan fingerprint density at radius 3 is 2.42 bits per heavy atom. The molecule has 0 N–H and O–H groups in total. The van der Waals surface area contributed by atoms with Gasteiger partial charge < -0.3 is 9.64 Å². The minimum Gasteiger partial charge on any atom is -0.376 e. The Bertz CT molecular complexity index is 461. The van der Waals surface area contributed by atoms with Gasteiger partial charge in [-0.05, 0) is 31.9 Å². The van der Waals surface area contributed by atoms with Crippen molar-refractivity contribution in [2.75, 3.05) is 20.2 Å². The van der Waals surface area contributed by atoms with Gasteiger partial charge in [-0.25, -0.2) is 0 Å². The lowest BCUT2D eigenvalue weighted by atomic mass is 10.1. The molecule has 1 heterocycles. The van der Waals surface area contributed by atoms with Crippen molar-refractivity contribution in [2.45, 2.75) is 25.9 Å². The van der Waals surface area contributed by atoms with Crippen molar-refractivity contribution in [1.29, 1.82) is 0 Å². The third-order valence-electron chi connectivity index (χ3n) is 3.39. The average Bonchev–Trinajstić information content (AvgIpc) is 2.90. The molecule has 0 spiro atoms. The van der Waals surface area contributed by atoms with E-state index in [2.05, 4.69) is 0 Å². The molecule has 0 bridgehead atoms. The van der Waals surface area contributed by atoms with E-state index in [1.165, 1.54) is 6.92 Å². The van der Waals surface area contributed by atoms with Crippen LogP contribution in [0.4, 0.5) is 0 Å². The second-order valence-electron chi connectivity index (χ2n) is 4.95. The molecule has 1 aromatic rings.